The van der Waals surface area contributed by atoms with Gasteiger partial charge in [0.1, 0.15) is 0 Å². The van der Waals surface area contributed by atoms with E-state index in [-0.39, 0.29) is 5.91 Å². The fourth-order valence-corrected chi connectivity index (χ4v) is 2.91. The fraction of sp³-hybridized carbons (Fsp3) is 0.562. The molecule has 1 N–H and O–H groups in total. The van der Waals surface area contributed by atoms with E-state index in [1.165, 1.54) is 0 Å². The third-order valence-electron chi connectivity index (χ3n) is 4.22. The Balaban J connectivity index is 2.16. The van der Waals surface area contributed by atoms with E-state index >= 15 is 0 Å². The number of hydrogen-bond acceptors (Lipinski definition) is 2. The Labute approximate surface area is 126 Å². The normalized spacial score (nSPS) is 20.0. The van der Waals surface area contributed by atoms with Gasteiger partial charge in [0.25, 0.3) is 0 Å². The van der Waals surface area contributed by atoms with Crippen LogP contribution in [0.3, 0.4) is 0 Å². The number of halogens is 1. The molecule has 1 atom stereocenters. The van der Waals surface area contributed by atoms with E-state index in [1.54, 1.807) is 0 Å². The number of rotatable bonds is 3. The van der Waals surface area contributed by atoms with E-state index < -0.39 is 5.41 Å². The number of hydrogen-bond donors (Lipinski definition) is 1. The molecule has 1 heterocycles. The number of likely N-dealkylation sites (tertiary alicyclic amines) is 1. The molecule has 0 spiro atoms. The Morgan fingerprint density at radius 3 is 2.60 bits per heavy atom. The topological polar surface area (TPSA) is 32.3 Å². The van der Waals surface area contributed by atoms with Gasteiger partial charge in [-0.15, -0.1) is 0 Å². The highest BCUT2D eigenvalue weighted by molar-refractivity contribution is 6.30. The zero-order chi connectivity index (χ0) is 14.8. The molecule has 0 radical (unpaired) electrons. The average Bonchev–Trinajstić information content (AvgIpc) is 2.47. The van der Waals surface area contributed by atoms with Crippen molar-refractivity contribution in [3.8, 4) is 0 Å². The van der Waals surface area contributed by atoms with Gasteiger partial charge in [-0.3, -0.25) is 4.79 Å². The number of nitrogens with zero attached hydrogens (tertiary/aromatic N) is 1. The zero-order valence-corrected chi connectivity index (χ0v) is 13.2. The van der Waals surface area contributed by atoms with Crippen LogP contribution >= 0.6 is 11.6 Å². The Kier molecular flexibility index (Phi) is 4.71. The van der Waals surface area contributed by atoms with E-state index in [1.807, 2.05) is 50.1 Å². The van der Waals surface area contributed by atoms with Crippen molar-refractivity contribution in [2.45, 2.75) is 38.1 Å². The van der Waals surface area contributed by atoms with Gasteiger partial charge in [-0.25, -0.2) is 0 Å². The van der Waals surface area contributed by atoms with Crippen molar-refractivity contribution < 1.29 is 4.79 Å². The zero-order valence-electron chi connectivity index (χ0n) is 12.4. The summed E-state index contributed by atoms with van der Waals surface area (Å²) in [6.45, 7) is 5.63. The summed E-state index contributed by atoms with van der Waals surface area (Å²) in [6.07, 6.45) is 2.20. The van der Waals surface area contributed by atoms with Crippen LogP contribution in [0.25, 0.3) is 0 Å². The maximum atomic E-state index is 12.8. The van der Waals surface area contributed by atoms with Crippen LogP contribution in [-0.2, 0) is 10.2 Å². The SMILES string of the molecule is CNC1CCCN(C(=O)C(C)(C)c2ccc(Cl)cc2)C1. The van der Waals surface area contributed by atoms with Gasteiger partial charge in [-0.1, -0.05) is 23.7 Å². The highest BCUT2D eigenvalue weighted by Crippen LogP contribution is 2.28. The molecule has 2 rings (SSSR count). The third kappa shape index (κ3) is 3.15. The summed E-state index contributed by atoms with van der Waals surface area (Å²) in [6, 6.07) is 7.99. The maximum Gasteiger partial charge on any atom is 0.232 e. The molecule has 1 aliphatic rings. The maximum absolute atomic E-state index is 12.8. The van der Waals surface area contributed by atoms with Crippen LogP contribution < -0.4 is 5.32 Å². The molecule has 0 saturated carbocycles. The van der Waals surface area contributed by atoms with Crippen LogP contribution in [0, 0.1) is 0 Å². The second-order valence-electron chi connectivity index (χ2n) is 6.01. The van der Waals surface area contributed by atoms with Crippen LogP contribution in [0.15, 0.2) is 24.3 Å². The monoisotopic (exact) mass is 294 g/mol. The lowest BCUT2D eigenvalue weighted by Gasteiger charge is -2.37. The minimum absolute atomic E-state index is 0.194. The van der Waals surface area contributed by atoms with Gasteiger partial charge in [0, 0.05) is 24.2 Å². The van der Waals surface area contributed by atoms with Gasteiger partial charge in [-0.2, -0.15) is 0 Å². The van der Waals surface area contributed by atoms with Gasteiger partial charge >= 0.3 is 0 Å². The molecule has 20 heavy (non-hydrogen) atoms. The van der Waals surface area contributed by atoms with Gasteiger partial charge in [0.05, 0.1) is 5.41 Å². The van der Waals surface area contributed by atoms with Crippen LogP contribution in [0.5, 0.6) is 0 Å². The molecule has 4 heteroatoms. The van der Waals surface area contributed by atoms with Gasteiger partial charge < -0.3 is 10.2 Å². The Morgan fingerprint density at radius 2 is 2.00 bits per heavy atom. The molecular formula is C16H23ClN2O. The van der Waals surface area contributed by atoms with Crippen molar-refractivity contribution in [1.29, 1.82) is 0 Å². The lowest BCUT2D eigenvalue weighted by atomic mass is 9.82. The van der Waals surface area contributed by atoms with Crippen LogP contribution in [0.4, 0.5) is 0 Å². The second kappa shape index (κ2) is 6.15. The molecule has 1 unspecified atom stereocenters. The summed E-state index contributed by atoms with van der Waals surface area (Å²) in [7, 11) is 1.96. The van der Waals surface area contributed by atoms with Crippen molar-refractivity contribution >= 4 is 17.5 Å². The Hall–Kier alpha value is -1.06. The highest BCUT2D eigenvalue weighted by Gasteiger charge is 2.35. The molecule has 1 aromatic rings. The van der Waals surface area contributed by atoms with Gasteiger partial charge in [0.15, 0.2) is 0 Å². The van der Waals surface area contributed by atoms with Crippen LogP contribution in [-0.4, -0.2) is 37.0 Å². The first-order valence-electron chi connectivity index (χ1n) is 7.18. The number of amides is 1. The lowest BCUT2D eigenvalue weighted by Crippen LogP contribution is -2.51. The number of carbonyl (C=O) groups is 1. The summed E-state index contributed by atoms with van der Waals surface area (Å²) >= 11 is 5.92. The number of piperidine rings is 1. The Morgan fingerprint density at radius 1 is 1.35 bits per heavy atom. The first-order valence-corrected chi connectivity index (χ1v) is 7.55. The third-order valence-corrected chi connectivity index (χ3v) is 4.47. The molecule has 1 aliphatic heterocycles. The Bertz CT molecular complexity index is 470. The molecule has 1 amide bonds. The van der Waals surface area contributed by atoms with Gasteiger partial charge in [-0.05, 0) is 51.4 Å². The predicted molar refractivity (Wildman–Crippen MR) is 83.1 cm³/mol. The molecular weight excluding hydrogens is 272 g/mol. The molecule has 0 aromatic heterocycles. The molecule has 3 nitrogen and oxygen atoms in total. The van der Waals surface area contributed by atoms with E-state index in [2.05, 4.69) is 5.32 Å². The minimum Gasteiger partial charge on any atom is -0.340 e. The first-order chi connectivity index (χ1) is 9.45. The molecule has 110 valence electrons. The van der Waals surface area contributed by atoms with Crippen molar-refractivity contribution in [2.24, 2.45) is 0 Å². The molecule has 0 bridgehead atoms. The second-order valence-corrected chi connectivity index (χ2v) is 6.45. The largest absolute Gasteiger partial charge is 0.340 e. The number of likely N-dealkylation sites (N-methyl/N-ethyl adjacent to an activating group) is 1. The van der Waals surface area contributed by atoms with Crippen LogP contribution in [0.2, 0.25) is 5.02 Å². The average molecular weight is 295 g/mol. The van der Waals surface area contributed by atoms with Crippen LogP contribution in [0.1, 0.15) is 32.3 Å². The number of nitrogens with one attached hydrogen (secondary N) is 1. The lowest BCUT2D eigenvalue weighted by molar-refractivity contribution is -0.137. The summed E-state index contributed by atoms with van der Waals surface area (Å²) in [5, 5.41) is 3.98. The van der Waals surface area contributed by atoms with E-state index in [9.17, 15) is 4.79 Å². The highest BCUT2D eigenvalue weighted by atomic mass is 35.5. The van der Waals surface area contributed by atoms with Crippen molar-refractivity contribution in [3.05, 3.63) is 34.9 Å². The van der Waals surface area contributed by atoms with E-state index in [0.29, 0.717) is 11.1 Å². The number of benzene rings is 1. The number of carbonyl (C=O) groups excluding carboxylic acids is 1. The van der Waals surface area contributed by atoms with E-state index in [4.69, 9.17) is 11.6 Å². The quantitative estimate of drug-likeness (QED) is 0.930. The van der Waals surface area contributed by atoms with Crippen molar-refractivity contribution in [2.75, 3.05) is 20.1 Å². The van der Waals surface area contributed by atoms with Gasteiger partial charge in [0.2, 0.25) is 5.91 Å². The summed E-state index contributed by atoms with van der Waals surface area (Å²) in [4.78, 5) is 14.8. The molecule has 1 saturated heterocycles. The molecule has 0 aliphatic carbocycles. The smallest absolute Gasteiger partial charge is 0.232 e. The minimum atomic E-state index is -0.514. The fourth-order valence-electron chi connectivity index (χ4n) is 2.78. The molecule has 1 aromatic carbocycles. The summed E-state index contributed by atoms with van der Waals surface area (Å²) < 4.78 is 0. The van der Waals surface area contributed by atoms with Crippen molar-refractivity contribution in [3.63, 3.8) is 0 Å². The van der Waals surface area contributed by atoms with E-state index in [0.717, 1.165) is 31.5 Å². The summed E-state index contributed by atoms with van der Waals surface area (Å²) in [5.41, 5.74) is 0.499. The summed E-state index contributed by atoms with van der Waals surface area (Å²) in [5.74, 6) is 0.194. The molecule has 1 fully saturated rings. The van der Waals surface area contributed by atoms with Crippen molar-refractivity contribution in [1.82, 2.24) is 10.2 Å². The standard InChI is InChI=1S/C16H23ClN2O/c1-16(2,12-6-8-13(17)9-7-12)15(20)19-10-4-5-14(11-19)18-3/h6-9,14,18H,4-5,10-11H2,1-3H3. The first kappa shape index (κ1) is 15.3. The predicted octanol–water partition coefficient (Wildman–Crippen LogP) is 2.83.